The molecule has 0 spiro atoms. The predicted molar refractivity (Wildman–Crippen MR) is 236 cm³/mol. The molecule has 0 saturated carbocycles. The Labute approximate surface area is 452 Å². The van der Waals surface area contributed by atoms with Crippen molar-refractivity contribution in [2.24, 2.45) is 0 Å². The van der Waals surface area contributed by atoms with Crippen molar-refractivity contribution in [1.29, 1.82) is 0 Å². The molecule has 0 unspecified atom stereocenters. The molecule has 0 bridgehead atoms. The van der Waals surface area contributed by atoms with Gasteiger partial charge in [0.05, 0.1) is 26.4 Å². The van der Waals surface area contributed by atoms with Crippen LogP contribution < -0.4 is 59.8 Å². The summed E-state index contributed by atoms with van der Waals surface area (Å²) in [6.07, 6.45) is 2.13. The van der Waals surface area contributed by atoms with Crippen LogP contribution in [0.2, 0.25) is 0 Å². The zero-order valence-corrected chi connectivity index (χ0v) is 45.0. The summed E-state index contributed by atoms with van der Waals surface area (Å²) in [4.78, 5) is 41.3. The van der Waals surface area contributed by atoms with Crippen molar-refractivity contribution in [2.75, 3.05) is 83.3 Å². The number of aliphatic hydroxyl groups is 4. The number of aliphatic hydroxyl groups excluding tert-OH is 4. The summed E-state index contributed by atoms with van der Waals surface area (Å²) in [5.74, 6) is -0.402. The van der Waals surface area contributed by atoms with Crippen molar-refractivity contribution in [3.05, 3.63) is 95.1 Å². The number of aldehydes is 4. The Morgan fingerprint density at radius 3 is 0.586 bits per heavy atom. The molecule has 0 fully saturated rings. The maximum absolute atomic E-state index is 11.2. The van der Waals surface area contributed by atoms with Gasteiger partial charge in [-0.25, -0.2) is 0 Å². The van der Waals surface area contributed by atoms with E-state index >= 15 is 0 Å². The maximum atomic E-state index is 11.2. The number of carbonyl (C=O) groups is 4. The number of hydrogen-bond donors (Lipinski definition) is 4. The van der Waals surface area contributed by atoms with Crippen molar-refractivity contribution < 1.29 is 177 Å². The summed E-state index contributed by atoms with van der Waals surface area (Å²) in [5, 5.41) is 106. The van der Waals surface area contributed by atoms with Crippen LogP contribution in [-0.2, 0) is 78.1 Å². The molecule has 70 heavy (non-hydrogen) atoms. The number of para-hydroxylation sites is 4. The summed E-state index contributed by atoms with van der Waals surface area (Å²) >= 11 is 0. The van der Waals surface area contributed by atoms with Gasteiger partial charge in [-0.05, 0) is 52.0 Å². The molecule has 0 aliphatic carbocycles. The molecule has 10 N–H and O–H groups in total. The molecular formula is C44H70Co4O22-2. The summed E-state index contributed by atoms with van der Waals surface area (Å²) in [7, 11) is 7.00. The van der Waals surface area contributed by atoms with Crippen LogP contribution in [0.5, 0.6) is 46.0 Å². The molecule has 4 aromatic carbocycles. The van der Waals surface area contributed by atoms with Gasteiger partial charge in [-0.15, -0.1) is 0 Å². The van der Waals surface area contributed by atoms with E-state index < -0.39 is 0 Å². The van der Waals surface area contributed by atoms with Gasteiger partial charge in [0.2, 0.25) is 0 Å². The Bertz CT molecular complexity index is 1410. The normalized spacial score (nSPS) is 7.14. The van der Waals surface area contributed by atoms with Crippen LogP contribution in [0.3, 0.4) is 0 Å². The molecule has 0 saturated heterocycles. The molecule has 0 aliphatic rings. The fraction of sp³-hybridized carbons (Fsp3) is 0.364. The maximum Gasteiger partial charge on any atom is 2.00 e. The molecule has 4 rings (SSSR count). The topological polar surface area (TPSA) is 437 Å². The minimum absolute atomic E-state index is 0. The van der Waals surface area contributed by atoms with E-state index in [1.54, 1.807) is 76.2 Å². The molecule has 4 aromatic rings. The second kappa shape index (κ2) is 84.5. The van der Waals surface area contributed by atoms with E-state index in [0.717, 1.165) is 56.9 Å². The standard InChI is InChI=1S/4C9H10O3.4CH4O.4CH3O.4Co.2H2O/c4*1-2-12-8-5-3-4-7(6-10)9(8)11;8*1-2;;;;;;/h4*3-6,11H,2H2,1H3;4*2H,1H3;4*1H3;;;;;2*1H2/q;;;;;;;;4*-1;;;2*+2;;/p-2. The van der Waals surface area contributed by atoms with Crippen molar-refractivity contribution in [3.8, 4) is 46.0 Å². The predicted octanol–water partition coefficient (Wildman–Crippen LogP) is -3.63. The largest absolute Gasteiger partial charge is 2.00 e. The van der Waals surface area contributed by atoms with E-state index in [1.807, 2.05) is 0 Å². The van der Waals surface area contributed by atoms with Crippen LogP contribution >= 0.6 is 0 Å². The van der Waals surface area contributed by atoms with Gasteiger partial charge in [-0.1, -0.05) is 71.5 Å². The second-order valence-corrected chi connectivity index (χ2v) is 8.90. The number of benzene rings is 4. The smallest absolute Gasteiger partial charge is 0.869 e. The third-order valence-corrected chi connectivity index (χ3v) is 5.74. The van der Waals surface area contributed by atoms with Crippen molar-refractivity contribution in [3.63, 3.8) is 0 Å². The summed E-state index contributed by atoms with van der Waals surface area (Å²) in [6, 6.07) is 18.6. The van der Waals surface area contributed by atoms with Gasteiger partial charge in [-0.3, -0.25) is 19.2 Å². The van der Waals surface area contributed by atoms with Gasteiger partial charge < -0.3 is 91.2 Å². The fourth-order valence-corrected chi connectivity index (χ4v) is 3.58. The summed E-state index contributed by atoms with van der Waals surface area (Å²) in [6.45, 7) is 8.85. The van der Waals surface area contributed by atoms with Crippen LogP contribution in [0.1, 0.15) is 69.1 Å². The van der Waals surface area contributed by atoms with Crippen molar-refractivity contribution in [2.45, 2.75) is 27.7 Å². The Balaban J connectivity index is -0.0000000441. The molecule has 0 atom stereocenters. The number of hydrogen-bond acceptors (Lipinski definition) is 20. The Hall–Kier alpha value is -4.41. The van der Waals surface area contributed by atoms with Crippen LogP contribution in [0, 0.1) is 0 Å². The van der Waals surface area contributed by atoms with Crippen LogP contribution in [0.15, 0.2) is 72.8 Å². The first-order valence-corrected chi connectivity index (χ1v) is 18.1. The zero-order valence-electron chi connectivity index (χ0n) is 40.9. The molecule has 26 heteroatoms. The van der Waals surface area contributed by atoms with E-state index in [9.17, 15) is 39.6 Å². The SMILES string of the molecule is CCOc1cccc(C=O)c1[O-].CCOc1cccc(C=O)c1[O-].CCOc1cccc(C=O)c1[O-].CCOc1cccc(C=O)c1[O-].CO.CO.CO.CO.C[O-].C[O-].C[O-].C[O-].[Co+2].[Co+2].[Co].[Co].[OH3+].[OH3+]. The molecule has 0 heterocycles. The summed E-state index contributed by atoms with van der Waals surface area (Å²) in [5.41, 5.74) is 0.559. The molecule has 0 aromatic heterocycles. The molecule has 0 aliphatic heterocycles. The van der Waals surface area contributed by atoms with Gasteiger partial charge in [0.15, 0.2) is 0 Å². The Kier molecular flexibility index (Phi) is 124. The first kappa shape index (κ1) is 103. The average Bonchev–Trinajstić information content (AvgIpc) is 3.37. The number of ether oxygens (including phenoxy) is 4. The molecule has 0 amide bonds. The first-order chi connectivity index (χ1) is 31.2. The Morgan fingerprint density at radius 2 is 0.486 bits per heavy atom. The van der Waals surface area contributed by atoms with Gasteiger partial charge in [0.1, 0.15) is 48.1 Å². The van der Waals surface area contributed by atoms with E-state index in [2.05, 4.69) is 0 Å². The summed E-state index contributed by atoms with van der Waals surface area (Å²) < 4.78 is 20.0. The van der Waals surface area contributed by atoms with Gasteiger partial charge in [-0.2, -0.15) is 28.4 Å². The minimum Gasteiger partial charge on any atom is -0.869 e. The monoisotopic (exact) mass is 1190 g/mol. The van der Waals surface area contributed by atoms with Crippen LogP contribution in [-0.4, -0.2) is 129 Å². The zero-order chi connectivity index (χ0) is 51.9. The second-order valence-electron chi connectivity index (χ2n) is 8.90. The van der Waals surface area contributed by atoms with Gasteiger partial charge >= 0.3 is 33.6 Å². The van der Waals surface area contributed by atoms with Crippen LogP contribution in [0.4, 0.5) is 0 Å². The van der Waals surface area contributed by atoms with Crippen molar-refractivity contribution >= 4 is 25.1 Å². The number of carbonyl (C=O) groups excluding carboxylic acids is 4. The fourth-order valence-electron chi connectivity index (χ4n) is 3.58. The van der Waals surface area contributed by atoms with Crippen molar-refractivity contribution in [1.82, 2.24) is 0 Å². The van der Waals surface area contributed by atoms with E-state index in [0.29, 0.717) is 51.6 Å². The van der Waals surface area contributed by atoms with Gasteiger partial charge in [0.25, 0.3) is 0 Å². The first-order valence-electron chi connectivity index (χ1n) is 18.1. The van der Waals surface area contributed by atoms with E-state index in [1.165, 1.54) is 24.3 Å². The molecular weight excluding hydrogens is 1120 g/mol. The Morgan fingerprint density at radius 1 is 0.357 bits per heavy atom. The third-order valence-electron chi connectivity index (χ3n) is 5.74. The number of rotatable bonds is 12. The quantitative estimate of drug-likeness (QED) is 0.0785. The molecule has 416 valence electrons. The van der Waals surface area contributed by atoms with Gasteiger partial charge in [0, 0.05) is 84.3 Å². The van der Waals surface area contributed by atoms with Crippen LogP contribution in [0.25, 0.3) is 0 Å². The molecule has 4 radical (unpaired) electrons. The van der Waals surface area contributed by atoms with E-state index in [-0.39, 0.29) is 146 Å². The minimum atomic E-state index is -0.339. The average molecular weight is 1190 g/mol. The third kappa shape index (κ3) is 48.6. The molecule has 22 nitrogen and oxygen atoms in total. The van der Waals surface area contributed by atoms with E-state index in [4.69, 9.17) is 59.8 Å².